The predicted molar refractivity (Wildman–Crippen MR) is 68.8 cm³/mol. The van der Waals surface area contributed by atoms with Gasteiger partial charge in [0.2, 0.25) is 0 Å². The topological polar surface area (TPSA) is 15.3 Å². The summed E-state index contributed by atoms with van der Waals surface area (Å²) in [5, 5.41) is 3.39. The molecule has 0 saturated carbocycles. The molecule has 2 rings (SSSR count). The molecule has 1 aromatic carbocycles. The second kappa shape index (κ2) is 4.98. The number of aryl methyl sites for hydroxylation is 2. The molecule has 0 unspecified atom stereocenters. The second-order valence-corrected chi connectivity index (χ2v) is 4.88. The van der Waals surface area contributed by atoms with Crippen LogP contribution in [0.5, 0.6) is 0 Å². The lowest BCUT2D eigenvalue weighted by Crippen LogP contribution is -2.42. The molecule has 1 aliphatic heterocycles. The Morgan fingerprint density at radius 2 is 1.62 bits per heavy atom. The molecular formula is C14H22N2. The zero-order chi connectivity index (χ0) is 11.5. The highest BCUT2D eigenvalue weighted by atomic mass is 15.2. The highest BCUT2D eigenvalue weighted by molar-refractivity contribution is 5.36. The van der Waals surface area contributed by atoms with Crippen molar-refractivity contribution in [3.8, 4) is 0 Å². The van der Waals surface area contributed by atoms with Crippen LogP contribution in [0.15, 0.2) is 12.1 Å². The van der Waals surface area contributed by atoms with Gasteiger partial charge in [0.05, 0.1) is 0 Å². The predicted octanol–water partition coefficient (Wildman–Crippen LogP) is 2.02. The minimum absolute atomic E-state index is 1.10. The fourth-order valence-corrected chi connectivity index (χ4v) is 2.34. The van der Waals surface area contributed by atoms with E-state index in [2.05, 4.69) is 43.1 Å². The normalized spacial score (nSPS) is 17.7. The van der Waals surface area contributed by atoms with Crippen LogP contribution in [0.25, 0.3) is 0 Å². The van der Waals surface area contributed by atoms with Crippen molar-refractivity contribution < 1.29 is 0 Å². The van der Waals surface area contributed by atoms with Crippen molar-refractivity contribution in [3.05, 3.63) is 34.4 Å². The van der Waals surface area contributed by atoms with Gasteiger partial charge >= 0.3 is 0 Å². The van der Waals surface area contributed by atoms with Crippen molar-refractivity contribution in [2.24, 2.45) is 0 Å². The minimum Gasteiger partial charge on any atom is -0.314 e. The highest BCUT2D eigenvalue weighted by Gasteiger charge is 2.10. The van der Waals surface area contributed by atoms with Crippen molar-refractivity contribution in [1.29, 1.82) is 0 Å². The van der Waals surface area contributed by atoms with E-state index >= 15 is 0 Å². The Bertz CT molecular complexity index is 342. The van der Waals surface area contributed by atoms with Crippen LogP contribution < -0.4 is 5.32 Å². The lowest BCUT2D eigenvalue weighted by atomic mass is 10.0. The van der Waals surface area contributed by atoms with Gasteiger partial charge in [0.1, 0.15) is 0 Å². The summed E-state index contributed by atoms with van der Waals surface area (Å²) < 4.78 is 0. The van der Waals surface area contributed by atoms with Crippen LogP contribution in [-0.2, 0) is 6.54 Å². The molecule has 0 spiro atoms. The van der Waals surface area contributed by atoms with Crippen LogP contribution in [0.3, 0.4) is 0 Å². The first kappa shape index (κ1) is 11.6. The number of benzene rings is 1. The highest BCUT2D eigenvalue weighted by Crippen LogP contribution is 2.16. The van der Waals surface area contributed by atoms with Gasteiger partial charge in [-0.15, -0.1) is 0 Å². The van der Waals surface area contributed by atoms with Gasteiger partial charge in [0.15, 0.2) is 0 Å². The smallest absolute Gasteiger partial charge is 0.0235 e. The molecule has 1 fully saturated rings. The monoisotopic (exact) mass is 218 g/mol. The van der Waals surface area contributed by atoms with Gasteiger partial charge in [-0.25, -0.2) is 0 Å². The third-order valence-corrected chi connectivity index (χ3v) is 3.60. The summed E-state index contributed by atoms with van der Waals surface area (Å²) in [6.07, 6.45) is 0. The van der Waals surface area contributed by atoms with Crippen LogP contribution in [0.1, 0.15) is 22.3 Å². The maximum Gasteiger partial charge on any atom is 0.0235 e. The van der Waals surface area contributed by atoms with Gasteiger partial charge in [0, 0.05) is 32.7 Å². The van der Waals surface area contributed by atoms with E-state index in [1.165, 1.54) is 35.3 Å². The maximum absolute atomic E-state index is 3.39. The zero-order valence-electron chi connectivity index (χ0n) is 10.6. The van der Waals surface area contributed by atoms with Crippen LogP contribution in [0.2, 0.25) is 0 Å². The van der Waals surface area contributed by atoms with Crippen molar-refractivity contribution in [3.63, 3.8) is 0 Å². The van der Waals surface area contributed by atoms with E-state index in [1.807, 2.05) is 0 Å². The summed E-state index contributed by atoms with van der Waals surface area (Å²) in [7, 11) is 0. The number of nitrogens with one attached hydrogen (secondary N) is 1. The molecular weight excluding hydrogens is 196 g/mol. The van der Waals surface area contributed by atoms with Crippen molar-refractivity contribution in [1.82, 2.24) is 10.2 Å². The fraction of sp³-hybridized carbons (Fsp3) is 0.571. The van der Waals surface area contributed by atoms with Crippen LogP contribution in [-0.4, -0.2) is 31.1 Å². The maximum atomic E-state index is 3.39. The van der Waals surface area contributed by atoms with Crippen molar-refractivity contribution in [2.45, 2.75) is 27.3 Å². The van der Waals surface area contributed by atoms with Gasteiger partial charge in [0.25, 0.3) is 0 Å². The van der Waals surface area contributed by atoms with Gasteiger partial charge in [-0.3, -0.25) is 4.90 Å². The minimum atomic E-state index is 1.10. The van der Waals surface area contributed by atoms with Crippen molar-refractivity contribution in [2.75, 3.05) is 26.2 Å². The van der Waals surface area contributed by atoms with E-state index in [0.29, 0.717) is 0 Å². The summed E-state index contributed by atoms with van der Waals surface area (Å²) in [6, 6.07) is 4.68. The molecule has 0 amide bonds. The lowest BCUT2D eigenvalue weighted by Gasteiger charge is -2.27. The number of rotatable bonds is 2. The van der Waals surface area contributed by atoms with E-state index in [4.69, 9.17) is 0 Å². The second-order valence-electron chi connectivity index (χ2n) is 4.88. The standard InChI is InChI=1S/C14H22N2/c1-11-8-14(9-12(2)13(11)3)10-16-6-4-15-5-7-16/h8-9,15H,4-7,10H2,1-3H3. The van der Waals surface area contributed by atoms with Gasteiger partial charge in [-0.05, 0) is 43.0 Å². The first-order valence-electron chi connectivity index (χ1n) is 6.16. The molecule has 2 heteroatoms. The molecule has 88 valence electrons. The first-order valence-corrected chi connectivity index (χ1v) is 6.16. The Labute approximate surface area is 98.7 Å². The van der Waals surface area contributed by atoms with Crippen LogP contribution in [0.4, 0.5) is 0 Å². The number of piperazine rings is 1. The Morgan fingerprint density at radius 3 is 2.19 bits per heavy atom. The SMILES string of the molecule is Cc1cc(CN2CCNCC2)cc(C)c1C. The largest absolute Gasteiger partial charge is 0.314 e. The molecule has 16 heavy (non-hydrogen) atoms. The molecule has 0 bridgehead atoms. The third kappa shape index (κ3) is 2.63. The molecule has 0 radical (unpaired) electrons. The molecule has 1 saturated heterocycles. The molecule has 1 heterocycles. The Hall–Kier alpha value is -0.860. The Kier molecular flexibility index (Phi) is 3.62. The van der Waals surface area contributed by atoms with E-state index in [-0.39, 0.29) is 0 Å². The molecule has 1 N–H and O–H groups in total. The van der Waals surface area contributed by atoms with Gasteiger partial charge < -0.3 is 5.32 Å². The van der Waals surface area contributed by atoms with Gasteiger partial charge in [-0.2, -0.15) is 0 Å². The Balaban J connectivity index is 2.09. The van der Waals surface area contributed by atoms with E-state index in [9.17, 15) is 0 Å². The summed E-state index contributed by atoms with van der Waals surface area (Å²) in [6.45, 7) is 12.3. The Morgan fingerprint density at radius 1 is 1.06 bits per heavy atom. The number of nitrogens with zero attached hydrogens (tertiary/aromatic N) is 1. The quantitative estimate of drug-likeness (QED) is 0.817. The first-order chi connectivity index (χ1) is 7.66. The average Bonchev–Trinajstić information content (AvgIpc) is 2.27. The lowest BCUT2D eigenvalue weighted by molar-refractivity contribution is 0.233. The molecule has 0 aromatic heterocycles. The molecule has 1 aliphatic rings. The number of hydrogen-bond donors (Lipinski definition) is 1. The van der Waals surface area contributed by atoms with E-state index < -0.39 is 0 Å². The summed E-state index contributed by atoms with van der Waals surface area (Å²) >= 11 is 0. The summed E-state index contributed by atoms with van der Waals surface area (Å²) in [5.74, 6) is 0. The fourth-order valence-electron chi connectivity index (χ4n) is 2.34. The zero-order valence-corrected chi connectivity index (χ0v) is 10.6. The van der Waals surface area contributed by atoms with Gasteiger partial charge in [-0.1, -0.05) is 12.1 Å². The average molecular weight is 218 g/mol. The molecule has 2 nitrogen and oxygen atoms in total. The summed E-state index contributed by atoms with van der Waals surface area (Å²) in [4.78, 5) is 2.53. The molecule has 1 aromatic rings. The van der Waals surface area contributed by atoms with Crippen LogP contribution >= 0.6 is 0 Å². The summed E-state index contributed by atoms with van der Waals surface area (Å²) in [5.41, 5.74) is 5.74. The number of hydrogen-bond acceptors (Lipinski definition) is 2. The molecule has 0 aliphatic carbocycles. The third-order valence-electron chi connectivity index (χ3n) is 3.60. The van der Waals surface area contributed by atoms with E-state index in [0.717, 1.165) is 19.6 Å². The van der Waals surface area contributed by atoms with E-state index in [1.54, 1.807) is 0 Å². The van der Waals surface area contributed by atoms with Crippen molar-refractivity contribution >= 4 is 0 Å². The molecule has 0 atom stereocenters. The van der Waals surface area contributed by atoms with Crippen LogP contribution in [0, 0.1) is 20.8 Å².